The number of allylic oxidation sites excluding steroid dienone is 3. The second-order valence-electron chi connectivity index (χ2n) is 2.64. The molecule has 0 fully saturated rings. The molecule has 1 aliphatic heterocycles. The molecule has 0 unspecified atom stereocenters. The molecule has 0 spiro atoms. The van der Waals surface area contributed by atoms with Crippen LogP contribution in [0, 0.1) is 0 Å². The first-order chi connectivity index (χ1) is 5.96. The highest BCUT2D eigenvalue weighted by molar-refractivity contribution is 5.31. The molecule has 13 heavy (non-hydrogen) atoms. The quantitative estimate of drug-likeness (QED) is 0.663. The molecule has 0 saturated heterocycles. The smallest absolute Gasteiger partial charge is 0.395 e. The minimum Gasteiger partial charge on any atom is -0.395 e. The summed E-state index contributed by atoms with van der Waals surface area (Å²) in [6.07, 6.45) is -0.572. The summed E-state index contributed by atoms with van der Waals surface area (Å²) in [5.74, 6) is 0.0168. The van der Waals surface area contributed by atoms with Gasteiger partial charge >= 0.3 is 6.29 Å². The van der Waals surface area contributed by atoms with Gasteiger partial charge in [0.15, 0.2) is 11.5 Å². The van der Waals surface area contributed by atoms with Gasteiger partial charge in [0.05, 0.1) is 0 Å². The third kappa shape index (κ3) is 2.08. The fourth-order valence-corrected chi connectivity index (χ4v) is 0.923. The van der Waals surface area contributed by atoms with E-state index in [1.165, 1.54) is 6.08 Å². The van der Waals surface area contributed by atoms with Gasteiger partial charge in [0, 0.05) is 0 Å². The third-order valence-electron chi connectivity index (χ3n) is 1.38. The second kappa shape index (κ2) is 3.20. The fraction of sp³-hybridized carbons (Fsp3) is 0.333. The Labute approximate surface area is 75.1 Å². The summed E-state index contributed by atoms with van der Waals surface area (Å²) in [6, 6.07) is 0. The van der Waals surface area contributed by atoms with Gasteiger partial charge in [0.1, 0.15) is 0 Å². The molecule has 72 valence electrons. The van der Waals surface area contributed by atoms with Crippen molar-refractivity contribution < 1.29 is 18.3 Å². The van der Waals surface area contributed by atoms with E-state index in [0.717, 1.165) is 0 Å². The topological polar surface area (TPSA) is 18.5 Å². The molecule has 0 atom stereocenters. The van der Waals surface area contributed by atoms with E-state index < -0.39 is 6.29 Å². The second-order valence-corrected chi connectivity index (χ2v) is 2.64. The normalized spacial score (nSPS) is 20.3. The van der Waals surface area contributed by atoms with Crippen molar-refractivity contribution >= 4 is 0 Å². The van der Waals surface area contributed by atoms with Crippen LogP contribution in [-0.2, 0) is 9.47 Å². The largest absolute Gasteiger partial charge is 0.586 e. The summed E-state index contributed by atoms with van der Waals surface area (Å²) in [7, 11) is 0. The monoisotopic (exact) mass is 188 g/mol. The Balaban J connectivity index is 2.96. The van der Waals surface area contributed by atoms with Crippen LogP contribution in [0.1, 0.15) is 13.8 Å². The molecule has 0 radical (unpaired) electrons. The van der Waals surface area contributed by atoms with Crippen LogP contribution >= 0.6 is 0 Å². The Kier molecular flexibility index (Phi) is 2.40. The van der Waals surface area contributed by atoms with E-state index in [1.807, 2.05) is 0 Å². The summed E-state index contributed by atoms with van der Waals surface area (Å²) in [5.41, 5.74) is 0.408. The zero-order valence-corrected chi connectivity index (χ0v) is 7.43. The van der Waals surface area contributed by atoms with Crippen LogP contribution in [0.25, 0.3) is 0 Å². The molecule has 1 rings (SSSR count). The summed E-state index contributed by atoms with van der Waals surface area (Å²) < 4.78 is 33.6. The molecular formula is C9H10F2O2. The Morgan fingerprint density at radius 1 is 1.46 bits per heavy atom. The molecule has 2 nitrogen and oxygen atoms in total. The van der Waals surface area contributed by atoms with Crippen molar-refractivity contribution in [2.45, 2.75) is 20.1 Å². The van der Waals surface area contributed by atoms with Crippen molar-refractivity contribution in [1.29, 1.82) is 0 Å². The first kappa shape index (κ1) is 9.77. The van der Waals surface area contributed by atoms with Crippen LogP contribution < -0.4 is 0 Å². The molecule has 0 N–H and O–H groups in total. The summed E-state index contributed by atoms with van der Waals surface area (Å²) in [4.78, 5) is 0. The van der Waals surface area contributed by atoms with E-state index in [2.05, 4.69) is 16.1 Å². The van der Waals surface area contributed by atoms with E-state index in [4.69, 9.17) is 0 Å². The summed E-state index contributed by atoms with van der Waals surface area (Å²) in [6.45, 7) is 6.78. The molecule has 0 aromatic rings. The molecule has 0 aromatic carbocycles. The molecule has 0 saturated carbocycles. The fourth-order valence-electron chi connectivity index (χ4n) is 0.923. The Morgan fingerprint density at radius 2 is 2.08 bits per heavy atom. The lowest BCUT2D eigenvalue weighted by Crippen LogP contribution is -2.16. The standard InChI is InChI=1S/C9H10F2O2/c1-4-5-7-8(6(2)3)13-9(10,11)12-7/h4-5H,2H2,1,3H3/b5-4-. The average molecular weight is 188 g/mol. The lowest BCUT2D eigenvalue weighted by atomic mass is 10.2. The molecule has 1 aliphatic rings. The van der Waals surface area contributed by atoms with Gasteiger partial charge in [-0.05, 0) is 25.5 Å². The number of hydrogen-bond acceptors (Lipinski definition) is 2. The maximum absolute atomic E-state index is 12.6. The lowest BCUT2D eigenvalue weighted by molar-refractivity contribution is -0.335. The van der Waals surface area contributed by atoms with Gasteiger partial charge in [0.25, 0.3) is 0 Å². The van der Waals surface area contributed by atoms with Crippen LogP contribution in [0.15, 0.2) is 35.8 Å². The van der Waals surface area contributed by atoms with Crippen molar-refractivity contribution in [2.24, 2.45) is 0 Å². The maximum atomic E-state index is 12.6. The predicted molar refractivity (Wildman–Crippen MR) is 43.8 cm³/mol. The predicted octanol–water partition coefficient (Wildman–Crippen LogP) is 2.95. The maximum Gasteiger partial charge on any atom is 0.586 e. The number of hydrogen-bond donors (Lipinski definition) is 0. The van der Waals surface area contributed by atoms with Crippen molar-refractivity contribution in [3.63, 3.8) is 0 Å². The van der Waals surface area contributed by atoms with Gasteiger partial charge in [0.2, 0.25) is 0 Å². The van der Waals surface area contributed by atoms with Gasteiger partial charge in [-0.25, -0.2) is 0 Å². The van der Waals surface area contributed by atoms with Crippen LogP contribution in [0.4, 0.5) is 8.78 Å². The van der Waals surface area contributed by atoms with Crippen molar-refractivity contribution in [3.8, 4) is 0 Å². The van der Waals surface area contributed by atoms with Gasteiger partial charge in [-0.3, -0.25) is 0 Å². The van der Waals surface area contributed by atoms with E-state index in [-0.39, 0.29) is 11.5 Å². The Bertz CT molecular complexity index is 290. The van der Waals surface area contributed by atoms with Gasteiger partial charge in [-0.15, -0.1) is 8.78 Å². The molecule has 1 heterocycles. The molecule has 0 amide bonds. The van der Waals surface area contributed by atoms with Crippen LogP contribution in [-0.4, -0.2) is 6.29 Å². The van der Waals surface area contributed by atoms with Crippen LogP contribution in [0.5, 0.6) is 0 Å². The van der Waals surface area contributed by atoms with Gasteiger partial charge < -0.3 is 9.47 Å². The lowest BCUT2D eigenvalue weighted by Gasteiger charge is -2.07. The highest BCUT2D eigenvalue weighted by Gasteiger charge is 2.44. The highest BCUT2D eigenvalue weighted by atomic mass is 19.3. The number of ether oxygens (including phenoxy) is 2. The van der Waals surface area contributed by atoms with Gasteiger partial charge in [-0.1, -0.05) is 12.7 Å². The SMILES string of the molecule is C=C(C)C1=C(/C=C\C)OC(F)(F)O1. The Hall–Kier alpha value is -1.32. The van der Waals surface area contributed by atoms with Crippen LogP contribution in [0.3, 0.4) is 0 Å². The number of rotatable bonds is 2. The molecular weight excluding hydrogens is 178 g/mol. The summed E-state index contributed by atoms with van der Waals surface area (Å²) >= 11 is 0. The molecule has 0 bridgehead atoms. The minimum atomic E-state index is -3.57. The average Bonchev–Trinajstić information content (AvgIpc) is 2.26. The van der Waals surface area contributed by atoms with E-state index in [1.54, 1.807) is 19.9 Å². The molecule has 0 aromatic heterocycles. The Morgan fingerprint density at radius 3 is 2.54 bits per heavy atom. The van der Waals surface area contributed by atoms with Crippen LogP contribution in [0.2, 0.25) is 0 Å². The minimum absolute atomic E-state index is 0.00287. The van der Waals surface area contributed by atoms with Crippen molar-refractivity contribution in [1.82, 2.24) is 0 Å². The van der Waals surface area contributed by atoms with Gasteiger partial charge in [-0.2, -0.15) is 0 Å². The van der Waals surface area contributed by atoms with E-state index >= 15 is 0 Å². The number of alkyl halides is 2. The first-order valence-electron chi connectivity index (χ1n) is 3.75. The summed E-state index contributed by atoms with van der Waals surface area (Å²) in [5, 5.41) is 0. The zero-order chi connectivity index (χ0) is 10.1. The number of halogens is 2. The van der Waals surface area contributed by atoms with Crippen molar-refractivity contribution in [3.05, 3.63) is 35.8 Å². The van der Waals surface area contributed by atoms with E-state index in [0.29, 0.717) is 5.57 Å². The molecule has 4 heteroatoms. The van der Waals surface area contributed by atoms with E-state index in [9.17, 15) is 8.78 Å². The third-order valence-corrected chi connectivity index (χ3v) is 1.38. The highest BCUT2D eigenvalue weighted by Crippen LogP contribution is 2.36. The molecule has 0 aliphatic carbocycles. The van der Waals surface area contributed by atoms with Crippen molar-refractivity contribution in [2.75, 3.05) is 0 Å². The first-order valence-corrected chi connectivity index (χ1v) is 3.75. The zero-order valence-electron chi connectivity index (χ0n) is 7.43.